The maximum Gasteiger partial charge on any atom is 0.325 e. The van der Waals surface area contributed by atoms with Gasteiger partial charge in [-0.3, -0.25) is 14.5 Å². The Labute approximate surface area is 174 Å². The van der Waals surface area contributed by atoms with Gasteiger partial charge in [-0.25, -0.2) is 4.79 Å². The summed E-state index contributed by atoms with van der Waals surface area (Å²) in [7, 11) is 4.48. The van der Waals surface area contributed by atoms with E-state index in [4.69, 9.17) is 14.2 Å². The number of hydrogen-bond acceptors (Lipinski definition) is 6. The molecule has 158 valence electrons. The number of nitrogens with one attached hydrogen (secondary N) is 1. The standard InChI is InChI=1S/C22H24N2O6/c1-5-22(14-6-8-15(28-2)9-7-14)20(26)24(21(27)23-22)13-18(25)17-12-16(29-3)10-11-19(17)30-4/h6-12H,5,13H2,1-4H3,(H,23,27)/t22-/m1/s1. The topological polar surface area (TPSA) is 94.2 Å². The van der Waals surface area contributed by atoms with Crippen molar-refractivity contribution in [3.8, 4) is 17.2 Å². The molecule has 0 aromatic heterocycles. The summed E-state index contributed by atoms with van der Waals surface area (Å²) in [5.41, 5.74) is -0.379. The molecule has 1 aliphatic heterocycles. The normalized spacial score (nSPS) is 18.2. The third kappa shape index (κ3) is 3.56. The van der Waals surface area contributed by atoms with Gasteiger partial charge in [0, 0.05) is 0 Å². The minimum Gasteiger partial charge on any atom is -0.497 e. The van der Waals surface area contributed by atoms with Gasteiger partial charge in [0.15, 0.2) is 5.78 Å². The van der Waals surface area contributed by atoms with Gasteiger partial charge in [0.25, 0.3) is 5.91 Å². The number of nitrogens with zero attached hydrogens (tertiary/aromatic N) is 1. The van der Waals surface area contributed by atoms with Crippen LogP contribution in [0.25, 0.3) is 0 Å². The molecule has 2 aromatic rings. The van der Waals surface area contributed by atoms with Crippen molar-refractivity contribution < 1.29 is 28.6 Å². The summed E-state index contributed by atoms with van der Waals surface area (Å²) < 4.78 is 15.6. The first-order valence-corrected chi connectivity index (χ1v) is 9.44. The lowest BCUT2D eigenvalue weighted by molar-refractivity contribution is -0.131. The molecule has 1 fully saturated rings. The predicted molar refractivity (Wildman–Crippen MR) is 109 cm³/mol. The second-order valence-corrected chi connectivity index (χ2v) is 6.80. The number of carbonyl (C=O) groups excluding carboxylic acids is 3. The van der Waals surface area contributed by atoms with Crippen molar-refractivity contribution in [1.29, 1.82) is 0 Å². The van der Waals surface area contributed by atoms with E-state index >= 15 is 0 Å². The third-order valence-electron chi connectivity index (χ3n) is 5.30. The second kappa shape index (κ2) is 8.44. The van der Waals surface area contributed by atoms with Crippen LogP contribution in [0.15, 0.2) is 42.5 Å². The van der Waals surface area contributed by atoms with Gasteiger partial charge in [-0.05, 0) is 42.3 Å². The number of ether oxygens (including phenoxy) is 3. The quantitative estimate of drug-likeness (QED) is 0.529. The molecular formula is C22H24N2O6. The van der Waals surface area contributed by atoms with Crippen LogP contribution >= 0.6 is 0 Å². The van der Waals surface area contributed by atoms with Crippen molar-refractivity contribution in [2.45, 2.75) is 18.9 Å². The van der Waals surface area contributed by atoms with Crippen molar-refractivity contribution in [1.82, 2.24) is 10.2 Å². The molecule has 0 radical (unpaired) electrons. The van der Waals surface area contributed by atoms with Gasteiger partial charge in [-0.1, -0.05) is 19.1 Å². The molecule has 0 spiro atoms. The van der Waals surface area contributed by atoms with E-state index in [1.165, 1.54) is 20.3 Å². The molecule has 8 heteroatoms. The van der Waals surface area contributed by atoms with Crippen molar-refractivity contribution in [3.05, 3.63) is 53.6 Å². The third-order valence-corrected chi connectivity index (χ3v) is 5.30. The molecule has 1 heterocycles. The zero-order valence-electron chi connectivity index (χ0n) is 17.4. The molecule has 8 nitrogen and oxygen atoms in total. The van der Waals surface area contributed by atoms with Gasteiger partial charge in [0.2, 0.25) is 0 Å². The van der Waals surface area contributed by atoms with E-state index in [1.54, 1.807) is 50.4 Å². The molecule has 0 aliphatic carbocycles. The van der Waals surface area contributed by atoms with E-state index in [0.29, 0.717) is 29.2 Å². The average molecular weight is 412 g/mol. The van der Waals surface area contributed by atoms with Crippen LogP contribution in [-0.4, -0.2) is 50.5 Å². The molecule has 30 heavy (non-hydrogen) atoms. The number of imide groups is 1. The Kier molecular flexibility index (Phi) is 5.96. The van der Waals surface area contributed by atoms with Crippen LogP contribution in [0.1, 0.15) is 29.3 Å². The van der Waals surface area contributed by atoms with Gasteiger partial charge in [-0.2, -0.15) is 0 Å². The van der Waals surface area contributed by atoms with Gasteiger partial charge in [0.1, 0.15) is 22.8 Å². The van der Waals surface area contributed by atoms with Crippen LogP contribution in [0.2, 0.25) is 0 Å². The highest BCUT2D eigenvalue weighted by atomic mass is 16.5. The number of urea groups is 1. The van der Waals surface area contributed by atoms with Crippen LogP contribution in [0.5, 0.6) is 17.2 Å². The monoisotopic (exact) mass is 412 g/mol. The fourth-order valence-corrected chi connectivity index (χ4v) is 3.55. The first-order chi connectivity index (χ1) is 14.4. The van der Waals surface area contributed by atoms with E-state index in [2.05, 4.69) is 5.32 Å². The van der Waals surface area contributed by atoms with Crippen LogP contribution in [0.3, 0.4) is 0 Å². The molecule has 0 bridgehead atoms. The summed E-state index contributed by atoms with van der Waals surface area (Å²) in [5.74, 6) is 0.535. The lowest BCUT2D eigenvalue weighted by atomic mass is 9.87. The Balaban J connectivity index is 1.90. The minimum atomic E-state index is -1.23. The smallest absolute Gasteiger partial charge is 0.325 e. The van der Waals surface area contributed by atoms with Gasteiger partial charge in [0.05, 0.1) is 33.4 Å². The number of benzene rings is 2. The fourth-order valence-electron chi connectivity index (χ4n) is 3.55. The van der Waals surface area contributed by atoms with Gasteiger partial charge in [-0.15, -0.1) is 0 Å². The number of amides is 3. The largest absolute Gasteiger partial charge is 0.497 e. The summed E-state index contributed by atoms with van der Waals surface area (Å²) in [5, 5.41) is 2.77. The van der Waals surface area contributed by atoms with Gasteiger partial charge >= 0.3 is 6.03 Å². The van der Waals surface area contributed by atoms with Crippen molar-refractivity contribution in [2.75, 3.05) is 27.9 Å². The number of hydrogen-bond donors (Lipinski definition) is 1. The van der Waals surface area contributed by atoms with E-state index in [1.807, 2.05) is 0 Å². The Bertz CT molecular complexity index is 972. The summed E-state index contributed by atoms with van der Waals surface area (Å²) in [6, 6.07) is 11.1. The number of Topliss-reactive ketones (excluding diaryl/α,β-unsaturated/α-hetero) is 1. The highest BCUT2D eigenvalue weighted by molar-refractivity contribution is 6.12. The zero-order valence-corrected chi connectivity index (χ0v) is 17.4. The van der Waals surface area contributed by atoms with E-state index in [0.717, 1.165) is 4.90 Å². The highest BCUT2D eigenvalue weighted by Gasteiger charge is 2.51. The minimum absolute atomic E-state index is 0.232. The maximum atomic E-state index is 13.3. The number of methoxy groups -OCH3 is 3. The average Bonchev–Trinajstić information content (AvgIpc) is 3.03. The second-order valence-electron chi connectivity index (χ2n) is 6.80. The summed E-state index contributed by atoms with van der Waals surface area (Å²) >= 11 is 0. The molecule has 1 aliphatic rings. The SMILES string of the molecule is CC[C@]1(c2ccc(OC)cc2)NC(=O)N(CC(=O)c2cc(OC)ccc2OC)C1=O. The highest BCUT2D eigenvalue weighted by Crippen LogP contribution is 2.34. The Morgan fingerprint density at radius 2 is 1.60 bits per heavy atom. The van der Waals surface area contributed by atoms with Crippen LogP contribution in [0.4, 0.5) is 4.79 Å². The van der Waals surface area contributed by atoms with Gasteiger partial charge < -0.3 is 19.5 Å². The summed E-state index contributed by atoms with van der Waals surface area (Å²) in [6.07, 6.45) is 0.330. The predicted octanol–water partition coefficient (Wildman–Crippen LogP) is 2.75. The first-order valence-electron chi connectivity index (χ1n) is 9.44. The number of ketones is 1. The maximum absolute atomic E-state index is 13.3. The molecule has 3 amide bonds. The van der Waals surface area contributed by atoms with Crippen molar-refractivity contribution in [2.24, 2.45) is 0 Å². The first kappa shape index (κ1) is 21.2. The Morgan fingerprint density at radius 1 is 0.967 bits per heavy atom. The molecule has 1 N–H and O–H groups in total. The van der Waals surface area contributed by atoms with E-state index < -0.39 is 29.8 Å². The molecule has 0 unspecified atom stereocenters. The number of rotatable bonds is 8. The Hall–Kier alpha value is -3.55. The number of carbonyl (C=O) groups is 3. The fraction of sp³-hybridized carbons (Fsp3) is 0.318. The van der Waals surface area contributed by atoms with Crippen LogP contribution < -0.4 is 19.5 Å². The molecule has 3 rings (SSSR count). The van der Waals surface area contributed by atoms with E-state index in [-0.39, 0.29) is 5.56 Å². The van der Waals surface area contributed by atoms with Crippen LogP contribution in [-0.2, 0) is 10.3 Å². The van der Waals surface area contributed by atoms with Crippen LogP contribution in [0, 0.1) is 0 Å². The molecular weight excluding hydrogens is 388 g/mol. The molecule has 1 atom stereocenters. The van der Waals surface area contributed by atoms with E-state index in [9.17, 15) is 14.4 Å². The summed E-state index contributed by atoms with van der Waals surface area (Å²) in [6.45, 7) is 1.39. The molecule has 2 aromatic carbocycles. The molecule has 1 saturated heterocycles. The van der Waals surface area contributed by atoms with Crippen molar-refractivity contribution in [3.63, 3.8) is 0 Å². The lowest BCUT2D eigenvalue weighted by Gasteiger charge is -2.26. The Morgan fingerprint density at radius 3 is 2.17 bits per heavy atom. The lowest BCUT2D eigenvalue weighted by Crippen LogP contribution is -2.43. The zero-order chi connectivity index (χ0) is 21.9. The summed E-state index contributed by atoms with van der Waals surface area (Å²) in [4.78, 5) is 39.8. The van der Waals surface area contributed by atoms with Crippen molar-refractivity contribution >= 4 is 17.7 Å². The molecule has 0 saturated carbocycles.